The molecule has 0 radical (unpaired) electrons. The highest BCUT2D eigenvalue weighted by atomic mass is 79.9. The van der Waals surface area contributed by atoms with Gasteiger partial charge in [0.25, 0.3) is 0 Å². The number of ether oxygens (including phenoxy) is 1. The fourth-order valence-corrected chi connectivity index (χ4v) is 3.89. The Labute approximate surface area is 180 Å². The van der Waals surface area contributed by atoms with E-state index in [0.29, 0.717) is 13.0 Å². The number of carbonyl (C=O) groups is 2. The molecule has 1 N–H and O–H groups in total. The molecule has 1 heterocycles. The van der Waals surface area contributed by atoms with Crippen molar-refractivity contribution in [2.45, 2.75) is 51.7 Å². The van der Waals surface area contributed by atoms with Crippen LogP contribution in [-0.2, 0) is 22.4 Å². The molecule has 0 unspecified atom stereocenters. The third-order valence-corrected chi connectivity index (χ3v) is 5.19. The first kappa shape index (κ1) is 21.4. The number of aryl methyl sites for hydroxylation is 1. The molecule has 2 amide bonds. The van der Waals surface area contributed by atoms with E-state index >= 15 is 0 Å². The van der Waals surface area contributed by atoms with Crippen molar-refractivity contribution in [3.63, 3.8) is 0 Å². The van der Waals surface area contributed by atoms with Gasteiger partial charge < -0.3 is 15.0 Å². The van der Waals surface area contributed by atoms with E-state index in [-0.39, 0.29) is 5.91 Å². The summed E-state index contributed by atoms with van der Waals surface area (Å²) >= 11 is 3.50. The zero-order valence-electron chi connectivity index (χ0n) is 17.1. The summed E-state index contributed by atoms with van der Waals surface area (Å²) in [6.45, 7) is 6.05. The van der Waals surface area contributed by atoms with Gasteiger partial charge >= 0.3 is 6.09 Å². The molecule has 0 bridgehead atoms. The summed E-state index contributed by atoms with van der Waals surface area (Å²) in [5, 5.41) is 2.80. The number of halogens is 1. The standard InChI is InChI=1S/C23H27BrN2O3/c1-23(2,3)29-22(28)25-19(14-16-8-5-4-6-9-16)21(27)26-13-7-10-17-15-18(24)11-12-20(17)26/h4-6,8-9,11-12,15,19H,7,10,13-14H2,1-3H3,(H,25,28)/t19-/m1/s1. The van der Waals surface area contributed by atoms with Crippen LogP contribution in [0.4, 0.5) is 10.5 Å². The van der Waals surface area contributed by atoms with E-state index in [0.717, 1.165) is 34.1 Å². The van der Waals surface area contributed by atoms with E-state index < -0.39 is 17.7 Å². The molecule has 6 heteroatoms. The van der Waals surface area contributed by atoms with Crippen LogP contribution < -0.4 is 10.2 Å². The second-order valence-corrected chi connectivity index (χ2v) is 9.17. The van der Waals surface area contributed by atoms with Crippen LogP contribution >= 0.6 is 15.9 Å². The number of anilines is 1. The van der Waals surface area contributed by atoms with Gasteiger partial charge in [0.15, 0.2) is 0 Å². The Kier molecular flexibility index (Phi) is 6.63. The number of carbonyl (C=O) groups excluding carboxylic acids is 2. The molecule has 0 fully saturated rings. The van der Waals surface area contributed by atoms with Gasteiger partial charge in [-0.15, -0.1) is 0 Å². The van der Waals surface area contributed by atoms with Gasteiger partial charge in [-0.1, -0.05) is 46.3 Å². The second kappa shape index (κ2) is 8.99. The van der Waals surface area contributed by atoms with Gasteiger partial charge in [0.05, 0.1) is 0 Å². The molecular formula is C23H27BrN2O3. The fourth-order valence-electron chi connectivity index (χ4n) is 3.48. The van der Waals surface area contributed by atoms with Crippen LogP contribution in [0.1, 0.15) is 38.3 Å². The van der Waals surface area contributed by atoms with Crippen LogP contribution in [0, 0.1) is 0 Å². The van der Waals surface area contributed by atoms with Crippen LogP contribution in [0.2, 0.25) is 0 Å². The Hall–Kier alpha value is -2.34. The monoisotopic (exact) mass is 458 g/mol. The fraction of sp³-hybridized carbons (Fsp3) is 0.391. The molecule has 2 aromatic carbocycles. The largest absolute Gasteiger partial charge is 0.444 e. The lowest BCUT2D eigenvalue weighted by molar-refractivity contribution is -0.120. The number of hydrogen-bond donors (Lipinski definition) is 1. The molecule has 3 rings (SSSR count). The first-order valence-electron chi connectivity index (χ1n) is 9.86. The van der Waals surface area contributed by atoms with Crippen molar-refractivity contribution < 1.29 is 14.3 Å². The van der Waals surface area contributed by atoms with Gasteiger partial charge in [-0.2, -0.15) is 0 Å². The average Bonchev–Trinajstić information content (AvgIpc) is 2.65. The van der Waals surface area contributed by atoms with Crippen LogP contribution in [0.5, 0.6) is 0 Å². The zero-order valence-corrected chi connectivity index (χ0v) is 18.7. The number of fused-ring (bicyclic) bond motifs is 1. The van der Waals surface area contributed by atoms with Gasteiger partial charge in [-0.25, -0.2) is 4.79 Å². The first-order chi connectivity index (χ1) is 13.7. The number of rotatable bonds is 4. The Morgan fingerprint density at radius 1 is 1.17 bits per heavy atom. The summed E-state index contributed by atoms with van der Waals surface area (Å²) in [7, 11) is 0. The molecule has 1 aliphatic rings. The van der Waals surface area contributed by atoms with Gasteiger partial charge in [-0.05, 0) is 62.9 Å². The summed E-state index contributed by atoms with van der Waals surface area (Å²) in [5.41, 5.74) is 2.40. The van der Waals surface area contributed by atoms with Gasteiger partial charge in [0, 0.05) is 23.1 Å². The zero-order chi connectivity index (χ0) is 21.0. The highest BCUT2D eigenvalue weighted by Crippen LogP contribution is 2.30. The maximum Gasteiger partial charge on any atom is 0.408 e. The Bertz CT molecular complexity index is 877. The van der Waals surface area contributed by atoms with Crippen LogP contribution in [-0.4, -0.2) is 30.2 Å². The molecule has 1 atom stereocenters. The van der Waals surface area contributed by atoms with Crippen molar-refractivity contribution in [3.8, 4) is 0 Å². The third-order valence-electron chi connectivity index (χ3n) is 4.70. The SMILES string of the molecule is CC(C)(C)OC(=O)N[C@H](Cc1ccccc1)C(=O)N1CCCc2cc(Br)ccc21. The number of hydrogen-bond acceptors (Lipinski definition) is 3. The van der Waals surface area contributed by atoms with Crippen molar-refractivity contribution in [2.75, 3.05) is 11.4 Å². The minimum atomic E-state index is -0.707. The number of nitrogens with zero attached hydrogens (tertiary/aromatic N) is 1. The van der Waals surface area contributed by atoms with E-state index in [1.165, 1.54) is 0 Å². The Morgan fingerprint density at radius 2 is 1.90 bits per heavy atom. The summed E-state index contributed by atoms with van der Waals surface area (Å²) in [5.74, 6) is -0.122. The van der Waals surface area contributed by atoms with Crippen molar-refractivity contribution in [3.05, 3.63) is 64.1 Å². The lowest BCUT2D eigenvalue weighted by Gasteiger charge is -2.33. The minimum absolute atomic E-state index is 0.122. The van der Waals surface area contributed by atoms with E-state index in [4.69, 9.17) is 4.74 Å². The molecule has 0 aliphatic carbocycles. The van der Waals surface area contributed by atoms with Crippen molar-refractivity contribution in [2.24, 2.45) is 0 Å². The predicted molar refractivity (Wildman–Crippen MR) is 118 cm³/mol. The molecule has 0 saturated carbocycles. The lowest BCUT2D eigenvalue weighted by Crippen LogP contribution is -2.52. The quantitative estimate of drug-likeness (QED) is 0.710. The molecule has 2 aromatic rings. The normalized spacial score (nSPS) is 14.7. The molecule has 154 valence electrons. The van der Waals surface area contributed by atoms with Crippen molar-refractivity contribution >= 4 is 33.6 Å². The van der Waals surface area contributed by atoms with Gasteiger partial charge in [0.2, 0.25) is 5.91 Å². The maximum absolute atomic E-state index is 13.5. The van der Waals surface area contributed by atoms with E-state index in [2.05, 4.69) is 27.3 Å². The smallest absolute Gasteiger partial charge is 0.408 e. The van der Waals surface area contributed by atoms with Crippen molar-refractivity contribution in [1.82, 2.24) is 5.32 Å². The third kappa shape index (κ3) is 5.82. The van der Waals surface area contributed by atoms with Crippen LogP contribution in [0.25, 0.3) is 0 Å². The molecule has 29 heavy (non-hydrogen) atoms. The summed E-state index contributed by atoms with van der Waals surface area (Å²) in [6, 6.07) is 15.0. The predicted octanol–water partition coefficient (Wildman–Crippen LogP) is 4.86. The second-order valence-electron chi connectivity index (χ2n) is 8.26. The number of alkyl carbamates (subject to hydrolysis) is 1. The van der Waals surface area contributed by atoms with Gasteiger partial charge in [-0.3, -0.25) is 4.79 Å². The Balaban J connectivity index is 1.85. The molecule has 0 spiro atoms. The molecule has 0 aromatic heterocycles. The number of benzene rings is 2. The molecule has 5 nitrogen and oxygen atoms in total. The van der Waals surface area contributed by atoms with Crippen molar-refractivity contribution in [1.29, 1.82) is 0 Å². The summed E-state index contributed by atoms with van der Waals surface area (Å²) in [4.78, 5) is 27.7. The maximum atomic E-state index is 13.5. The van der Waals surface area contributed by atoms with Crippen LogP contribution in [0.15, 0.2) is 53.0 Å². The minimum Gasteiger partial charge on any atom is -0.444 e. The highest BCUT2D eigenvalue weighted by molar-refractivity contribution is 9.10. The van der Waals surface area contributed by atoms with E-state index in [9.17, 15) is 9.59 Å². The topological polar surface area (TPSA) is 58.6 Å². The molecular weight excluding hydrogens is 432 g/mol. The summed E-state index contributed by atoms with van der Waals surface area (Å²) in [6.07, 6.45) is 1.64. The van der Waals surface area contributed by atoms with E-state index in [1.807, 2.05) is 42.5 Å². The van der Waals surface area contributed by atoms with Crippen LogP contribution in [0.3, 0.4) is 0 Å². The first-order valence-corrected chi connectivity index (χ1v) is 10.7. The average molecular weight is 459 g/mol. The Morgan fingerprint density at radius 3 is 2.59 bits per heavy atom. The molecule has 0 saturated heterocycles. The van der Waals surface area contributed by atoms with E-state index in [1.54, 1.807) is 25.7 Å². The highest BCUT2D eigenvalue weighted by Gasteiger charge is 2.31. The number of amides is 2. The summed E-state index contributed by atoms with van der Waals surface area (Å²) < 4.78 is 6.40. The lowest BCUT2D eigenvalue weighted by atomic mass is 9.99. The number of nitrogens with one attached hydrogen (secondary N) is 1. The van der Waals surface area contributed by atoms with Gasteiger partial charge in [0.1, 0.15) is 11.6 Å². The molecule has 1 aliphatic heterocycles.